The summed E-state index contributed by atoms with van der Waals surface area (Å²) in [6, 6.07) is 5.59. The molecule has 2 rings (SSSR count). The Kier molecular flexibility index (Phi) is 1.59. The fraction of sp³-hybridized carbons (Fsp3) is 0. The predicted molar refractivity (Wildman–Crippen MR) is 47.6 cm³/mol. The first-order chi connectivity index (χ1) is 5.81. The monoisotopic (exact) mass is 221 g/mol. The number of halogens is 1. The van der Waals surface area contributed by atoms with Crippen molar-refractivity contribution in [3.8, 4) is 6.07 Å². The van der Waals surface area contributed by atoms with E-state index in [1.807, 2.05) is 0 Å². The van der Waals surface area contributed by atoms with E-state index in [2.05, 4.69) is 27.1 Å². The highest BCUT2D eigenvalue weighted by Crippen LogP contribution is 2.17. The van der Waals surface area contributed by atoms with Crippen molar-refractivity contribution in [3.05, 3.63) is 34.6 Å². The molecule has 58 valence electrons. The van der Waals surface area contributed by atoms with Gasteiger partial charge in [-0.05, 0) is 28.1 Å². The highest BCUT2D eigenvalue weighted by molar-refractivity contribution is 9.10. The van der Waals surface area contributed by atoms with Crippen LogP contribution >= 0.6 is 15.9 Å². The molecule has 0 amide bonds. The van der Waals surface area contributed by atoms with Crippen molar-refractivity contribution < 1.29 is 0 Å². The SMILES string of the molecule is N#Cc1ccn2ncc(Br)c2c1. The summed E-state index contributed by atoms with van der Waals surface area (Å²) < 4.78 is 2.62. The molecule has 0 aromatic carbocycles. The van der Waals surface area contributed by atoms with Gasteiger partial charge < -0.3 is 0 Å². The number of nitriles is 1. The highest BCUT2D eigenvalue weighted by Gasteiger charge is 2.00. The van der Waals surface area contributed by atoms with E-state index in [4.69, 9.17) is 5.26 Å². The summed E-state index contributed by atoms with van der Waals surface area (Å²) in [7, 11) is 0. The van der Waals surface area contributed by atoms with Crippen LogP contribution in [-0.2, 0) is 0 Å². The van der Waals surface area contributed by atoms with Crippen LogP contribution in [0.5, 0.6) is 0 Å². The second-order valence-electron chi connectivity index (χ2n) is 2.35. The maximum atomic E-state index is 8.63. The van der Waals surface area contributed by atoms with Gasteiger partial charge in [0.2, 0.25) is 0 Å². The van der Waals surface area contributed by atoms with E-state index in [-0.39, 0.29) is 0 Å². The molecule has 0 spiro atoms. The molecule has 0 aliphatic rings. The minimum absolute atomic E-state index is 0.642. The van der Waals surface area contributed by atoms with Gasteiger partial charge in [0.15, 0.2) is 0 Å². The number of rotatable bonds is 0. The molecule has 2 aromatic heterocycles. The maximum absolute atomic E-state index is 8.63. The lowest BCUT2D eigenvalue weighted by molar-refractivity contribution is 0.960. The Hall–Kier alpha value is -1.34. The molecule has 0 N–H and O–H groups in total. The van der Waals surface area contributed by atoms with Gasteiger partial charge in [0.05, 0.1) is 27.8 Å². The Morgan fingerprint density at radius 3 is 3.17 bits per heavy atom. The first kappa shape index (κ1) is 7.32. The molecule has 3 nitrogen and oxygen atoms in total. The Balaban J connectivity index is 2.82. The first-order valence-corrected chi connectivity index (χ1v) is 4.13. The Labute approximate surface area is 77.4 Å². The van der Waals surface area contributed by atoms with E-state index in [0.717, 1.165) is 9.99 Å². The van der Waals surface area contributed by atoms with Crippen LogP contribution in [-0.4, -0.2) is 9.61 Å². The second-order valence-corrected chi connectivity index (χ2v) is 3.20. The van der Waals surface area contributed by atoms with Crippen molar-refractivity contribution in [3.63, 3.8) is 0 Å². The lowest BCUT2D eigenvalue weighted by Gasteiger charge is -1.92. The maximum Gasteiger partial charge on any atom is 0.0992 e. The molecule has 0 atom stereocenters. The topological polar surface area (TPSA) is 41.1 Å². The third-order valence-corrected chi connectivity index (χ3v) is 2.21. The van der Waals surface area contributed by atoms with Crippen LogP contribution in [0.25, 0.3) is 5.52 Å². The van der Waals surface area contributed by atoms with E-state index < -0.39 is 0 Å². The van der Waals surface area contributed by atoms with Crippen LogP contribution in [0.15, 0.2) is 29.0 Å². The molecule has 0 radical (unpaired) electrons. The van der Waals surface area contributed by atoms with Crippen LogP contribution in [0.1, 0.15) is 5.56 Å². The molecule has 2 aromatic rings. The number of nitrogens with zero attached hydrogens (tertiary/aromatic N) is 3. The molecule has 12 heavy (non-hydrogen) atoms. The van der Waals surface area contributed by atoms with Crippen molar-refractivity contribution in [2.75, 3.05) is 0 Å². The molecule has 0 saturated carbocycles. The molecule has 0 aliphatic heterocycles. The normalized spacial score (nSPS) is 10.0. The van der Waals surface area contributed by atoms with Crippen molar-refractivity contribution in [2.45, 2.75) is 0 Å². The minimum Gasteiger partial charge on any atom is -0.240 e. The van der Waals surface area contributed by atoms with Crippen molar-refractivity contribution in [1.82, 2.24) is 9.61 Å². The standard InChI is InChI=1S/C8H4BrN3/c9-7-5-11-12-2-1-6(4-10)3-8(7)12/h1-3,5H. The third kappa shape index (κ3) is 0.990. The molecule has 0 fully saturated rings. The quantitative estimate of drug-likeness (QED) is 0.683. The molecular weight excluding hydrogens is 218 g/mol. The molecular formula is C8H4BrN3. The molecule has 4 heteroatoms. The van der Waals surface area contributed by atoms with Crippen LogP contribution in [0.4, 0.5) is 0 Å². The lowest BCUT2D eigenvalue weighted by atomic mass is 10.3. The summed E-state index contributed by atoms with van der Waals surface area (Å²) in [6.45, 7) is 0. The van der Waals surface area contributed by atoms with Gasteiger partial charge in [0, 0.05) is 6.20 Å². The largest absolute Gasteiger partial charge is 0.240 e. The van der Waals surface area contributed by atoms with E-state index >= 15 is 0 Å². The van der Waals surface area contributed by atoms with Crippen LogP contribution < -0.4 is 0 Å². The van der Waals surface area contributed by atoms with Gasteiger partial charge in [-0.25, -0.2) is 4.52 Å². The molecule has 0 aliphatic carbocycles. The zero-order chi connectivity index (χ0) is 8.55. The van der Waals surface area contributed by atoms with Crippen LogP contribution in [0.2, 0.25) is 0 Å². The summed E-state index contributed by atoms with van der Waals surface area (Å²) in [4.78, 5) is 0. The molecule has 0 unspecified atom stereocenters. The highest BCUT2D eigenvalue weighted by atomic mass is 79.9. The second kappa shape index (κ2) is 2.61. The van der Waals surface area contributed by atoms with Crippen molar-refractivity contribution >= 4 is 21.4 Å². The Morgan fingerprint density at radius 2 is 2.42 bits per heavy atom. The number of pyridine rings is 1. The van der Waals surface area contributed by atoms with Crippen molar-refractivity contribution in [2.24, 2.45) is 0 Å². The fourth-order valence-corrected chi connectivity index (χ4v) is 1.41. The summed E-state index contributed by atoms with van der Waals surface area (Å²) in [6.07, 6.45) is 3.47. The average Bonchev–Trinajstić information content (AvgIpc) is 2.47. The van der Waals surface area contributed by atoms with Gasteiger partial charge in [-0.3, -0.25) is 0 Å². The smallest absolute Gasteiger partial charge is 0.0992 e. The summed E-state index contributed by atoms with van der Waals surface area (Å²) in [5, 5.41) is 12.7. The number of aromatic nitrogens is 2. The first-order valence-electron chi connectivity index (χ1n) is 3.34. The molecule has 0 bridgehead atoms. The zero-order valence-electron chi connectivity index (χ0n) is 6.03. The van der Waals surface area contributed by atoms with E-state index in [1.54, 1.807) is 29.0 Å². The van der Waals surface area contributed by atoms with Gasteiger partial charge in [0.25, 0.3) is 0 Å². The predicted octanol–water partition coefficient (Wildman–Crippen LogP) is 1.97. The van der Waals surface area contributed by atoms with E-state index in [1.165, 1.54) is 0 Å². The fourth-order valence-electron chi connectivity index (χ4n) is 1.02. The van der Waals surface area contributed by atoms with Gasteiger partial charge in [0.1, 0.15) is 0 Å². The summed E-state index contributed by atoms with van der Waals surface area (Å²) in [5.74, 6) is 0. The molecule has 0 saturated heterocycles. The Morgan fingerprint density at radius 1 is 1.58 bits per heavy atom. The summed E-state index contributed by atoms with van der Waals surface area (Å²) >= 11 is 3.34. The van der Waals surface area contributed by atoms with Gasteiger partial charge in [-0.2, -0.15) is 10.4 Å². The number of hydrogen-bond acceptors (Lipinski definition) is 2. The Bertz CT molecular complexity index is 467. The number of hydrogen-bond donors (Lipinski definition) is 0. The lowest BCUT2D eigenvalue weighted by Crippen LogP contribution is -1.85. The zero-order valence-corrected chi connectivity index (χ0v) is 7.62. The van der Waals surface area contributed by atoms with E-state index in [9.17, 15) is 0 Å². The van der Waals surface area contributed by atoms with Crippen LogP contribution in [0, 0.1) is 11.3 Å². The van der Waals surface area contributed by atoms with Crippen LogP contribution in [0.3, 0.4) is 0 Å². The third-order valence-electron chi connectivity index (χ3n) is 1.60. The van der Waals surface area contributed by atoms with Gasteiger partial charge in [-0.15, -0.1) is 0 Å². The number of fused-ring (bicyclic) bond motifs is 1. The minimum atomic E-state index is 0.642. The van der Waals surface area contributed by atoms with Gasteiger partial charge >= 0.3 is 0 Å². The van der Waals surface area contributed by atoms with E-state index in [0.29, 0.717) is 5.56 Å². The summed E-state index contributed by atoms with van der Waals surface area (Å²) in [5.41, 5.74) is 1.55. The average molecular weight is 222 g/mol. The van der Waals surface area contributed by atoms with Gasteiger partial charge in [-0.1, -0.05) is 0 Å². The van der Waals surface area contributed by atoms with Crippen molar-refractivity contribution in [1.29, 1.82) is 5.26 Å². The molecule has 2 heterocycles.